The molecule has 0 saturated carbocycles. The lowest BCUT2D eigenvalue weighted by Crippen LogP contribution is -2.46. The molecule has 8 nitrogen and oxygen atoms in total. The lowest BCUT2D eigenvalue weighted by Gasteiger charge is -2.36. The van der Waals surface area contributed by atoms with Crippen LogP contribution in [0.1, 0.15) is 31.2 Å². The van der Waals surface area contributed by atoms with Gasteiger partial charge < -0.3 is 20.0 Å². The van der Waals surface area contributed by atoms with Crippen LogP contribution in [0.25, 0.3) is 0 Å². The number of anilines is 2. The van der Waals surface area contributed by atoms with Crippen LogP contribution >= 0.6 is 0 Å². The second-order valence-corrected chi connectivity index (χ2v) is 8.51. The summed E-state index contributed by atoms with van der Waals surface area (Å²) in [7, 11) is 0. The number of rotatable bonds is 7. The molecule has 0 aliphatic carbocycles. The third kappa shape index (κ3) is 7.31. The fourth-order valence-corrected chi connectivity index (χ4v) is 4.39. The van der Waals surface area contributed by atoms with Crippen LogP contribution in [-0.2, 0) is 20.8 Å². The van der Waals surface area contributed by atoms with Crippen molar-refractivity contribution >= 4 is 29.2 Å². The van der Waals surface area contributed by atoms with Gasteiger partial charge in [0.2, 0.25) is 5.91 Å². The minimum absolute atomic E-state index is 0.288. The predicted octanol–water partition coefficient (Wildman–Crippen LogP) is 3.11. The quantitative estimate of drug-likeness (QED) is 0.477. The molecular weight excluding hydrogens is 434 g/mol. The number of carbonyl (C=O) groups excluding carboxylic acids is 1. The molecule has 34 heavy (non-hydrogen) atoms. The van der Waals surface area contributed by atoms with Crippen molar-refractivity contribution in [2.75, 3.05) is 49.1 Å². The Hall–Kier alpha value is -3.39. The van der Waals surface area contributed by atoms with Crippen LogP contribution in [0, 0.1) is 0 Å². The van der Waals surface area contributed by atoms with Crippen molar-refractivity contribution in [1.29, 1.82) is 0 Å². The summed E-state index contributed by atoms with van der Waals surface area (Å²) >= 11 is 0. The van der Waals surface area contributed by atoms with E-state index in [-0.39, 0.29) is 5.91 Å². The molecule has 0 bridgehead atoms. The number of carboxylic acids is 2. The number of hydrogen-bond donors (Lipinski definition) is 2. The van der Waals surface area contributed by atoms with Crippen molar-refractivity contribution in [3.63, 3.8) is 0 Å². The zero-order valence-corrected chi connectivity index (χ0v) is 19.4. The Labute approximate surface area is 200 Å². The topological polar surface area (TPSA) is 101 Å². The Morgan fingerprint density at radius 3 is 2.03 bits per heavy atom. The van der Waals surface area contributed by atoms with Crippen LogP contribution in [0.4, 0.5) is 11.4 Å². The summed E-state index contributed by atoms with van der Waals surface area (Å²) in [6.07, 6.45) is 5.03. The Morgan fingerprint density at radius 1 is 0.735 bits per heavy atom. The number of nitrogens with zero attached hydrogens (tertiary/aromatic N) is 3. The second-order valence-electron chi connectivity index (χ2n) is 8.51. The molecule has 182 valence electrons. The Balaban J connectivity index is 0.000000481. The third-order valence-electron chi connectivity index (χ3n) is 6.22. The Kier molecular flexibility index (Phi) is 9.46. The molecular formula is C26H33N3O5. The maximum Gasteiger partial charge on any atom is 0.414 e. The number of benzene rings is 2. The summed E-state index contributed by atoms with van der Waals surface area (Å²) in [6, 6.07) is 19.1. The monoisotopic (exact) mass is 467 g/mol. The Bertz CT molecular complexity index is 946. The van der Waals surface area contributed by atoms with E-state index in [4.69, 9.17) is 19.8 Å². The standard InChI is InChI=1S/C24H31N3O.C2H2O4/c28-24-14-13-21-9-5-6-12-23(21)27(24)16-8-2-7-15-25-17-19-26(20-18-25)22-10-3-1-4-11-22;3-1(4)2(5)6/h1,3-6,9-12H,2,7-8,13-20H2;(H,3,4)(H,5,6). The highest BCUT2D eigenvalue weighted by atomic mass is 16.4. The van der Waals surface area contributed by atoms with Crippen molar-refractivity contribution < 1.29 is 24.6 Å². The maximum absolute atomic E-state index is 12.3. The van der Waals surface area contributed by atoms with Gasteiger partial charge in [-0.3, -0.25) is 9.69 Å². The summed E-state index contributed by atoms with van der Waals surface area (Å²) < 4.78 is 0. The number of aliphatic carboxylic acids is 2. The molecule has 2 N–H and O–H groups in total. The summed E-state index contributed by atoms with van der Waals surface area (Å²) in [5.74, 6) is -3.36. The average molecular weight is 468 g/mol. The van der Waals surface area contributed by atoms with Crippen LogP contribution in [-0.4, -0.2) is 72.2 Å². The molecule has 8 heteroatoms. The van der Waals surface area contributed by atoms with Crippen LogP contribution < -0.4 is 9.80 Å². The zero-order chi connectivity index (χ0) is 24.3. The molecule has 0 atom stereocenters. The molecule has 1 amide bonds. The van der Waals surface area contributed by atoms with Crippen LogP contribution in [0.2, 0.25) is 0 Å². The summed E-state index contributed by atoms with van der Waals surface area (Å²) in [5, 5.41) is 14.8. The first-order valence-electron chi connectivity index (χ1n) is 11.8. The van der Waals surface area contributed by atoms with Crippen molar-refractivity contribution in [3.8, 4) is 0 Å². The zero-order valence-electron chi connectivity index (χ0n) is 19.4. The molecule has 1 saturated heterocycles. The van der Waals surface area contributed by atoms with E-state index in [1.165, 1.54) is 30.6 Å². The van der Waals surface area contributed by atoms with Gasteiger partial charge in [-0.2, -0.15) is 0 Å². The number of aryl methyl sites for hydroxylation is 1. The molecule has 1 fully saturated rings. The first-order chi connectivity index (χ1) is 16.5. The molecule has 2 aliphatic rings. The lowest BCUT2D eigenvalue weighted by molar-refractivity contribution is -0.159. The number of carbonyl (C=O) groups is 3. The van der Waals surface area contributed by atoms with Gasteiger partial charge in [0.1, 0.15) is 0 Å². The van der Waals surface area contributed by atoms with E-state index < -0.39 is 11.9 Å². The molecule has 4 rings (SSSR count). The molecule has 0 unspecified atom stereocenters. The van der Waals surface area contributed by atoms with Crippen LogP contribution in [0.3, 0.4) is 0 Å². The fourth-order valence-electron chi connectivity index (χ4n) is 4.39. The van der Waals surface area contributed by atoms with Gasteiger partial charge in [-0.1, -0.05) is 42.8 Å². The molecule has 2 heterocycles. The molecule has 2 aromatic rings. The summed E-state index contributed by atoms with van der Waals surface area (Å²) in [5.41, 5.74) is 3.79. The maximum atomic E-state index is 12.3. The van der Waals surface area contributed by atoms with E-state index in [1.807, 2.05) is 11.0 Å². The number of fused-ring (bicyclic) bond motifs is 1. The van der Waals surface area contributed by atoms with Gasteiger partial charge in [0.05, 0.1) is 0 Å². The highest BCUT2D eigenvalue weighted by Crippen LogP contribution is 2.27. The fraction of sp³-hybridized carbons (Fsp3) is 0.423. The van der Waals surface area contributed by atoms with Gasteiger partial charge in [0, 0.05) is 50.5 Å². The van der Waals surface area contributed by atoms with E-state index in [0.717, 1.165) is 51.3 Å². The Morgan fingerprint density at radius 2 is 1.35 bits per heavy atom. The van der Waals surface area contributed by atoms with Gasteiger partial charge in [0.25, 0.3) is 0 Å². The van der Waals surface area contributed by atoms with E-state index >= 15 is 0 Å². The molecule has 0 aromatic heterocycles. The van der Waals surface area contributed by atoms with Crippen molar-refractivity contribution in [1.82, 2.24) is 4.90 Å². The summed E-state index contributed by atoms with van der Waals surface area (Å²) in [6.45, 7) is 6.55. The molecule has 0 spiro atoms. The number of amides is 1. The van der Waals surface area contributed by atoms with Crippen molar-refractivity contribution in [2.45, 2.75) is 32.1 Å². The van der Waals surface area contributed by atoms with Crippen molar-refractivity contribution in [3.05, 3.63) is 60.2 Å². The van der Waals surface area contributed by atoms with E-state index in [2.05, 4.69) is 58.3 Å². The average Bonchev–Trinajstić information content (AvgIpc) is 2.86. The largest absolute Gasteiger partial charge is 0.473 e. The number of unbranched alkanes of at least 4 members (excludes halogenated alkanes) is 2. The van der Waals surface area contributed by atoms with Gasteiger partial charge >= 0.3 is 11.9 Å². The summed E-state index contributed by atoms with van der Waals surface area (Å²) in [4.78, 5) is 37.6. The van der Waals surface area contributed by atoms with E-state index in [9.17, 15) is 4.79 Å². The number of carboxylic acid groups (broad SMARTS) is 2. The van der Waals surface area contributed by atoms with Gasteiger partial charge in [-0.15, -0.1) is 0 Å². The first kappa shape index (κ1) is 25.2. The van der Waals surface area contributed by atoms with Crippen LogP contribution in [0.5, 0.6) is 0 Å². The number of para-hydroxylation sites is 2. The van der Waals surface area contributed by atoms with Gasteiger partial charge in [-0.05, 0) is 49.6 Å². The predicted molar refractivity (Wildman–Crippen MR) is 131 cm³/mol. The SMILES string of the molecule is O=C(O)C(=O)O.O=C1CCc2ccccc2N1CCCCCN1CCN(c2ccccc2)CC1. The normalized spacial score (nSPS) is 15.8. The molecule has 2 aromatic carbocycles. The highest BCUT2D eigenvalue weighted by Gasteiger charge is 2.23. The molecule has 2 aliphatic heterocycles. The number of piperazine rings is 1. The third-order valence-corrected chi connectivity index (χ3v) is 6.22. The van der Waals surface area contributed by atoms with E-state index in [1.54, 1.807) is 0 Å². The lowest BCUT2D eigenvalue weighted by atomic mass is 10.0. The van der Waals surface area contributed by atoms with E-state index in [0.29, 0.717) is 6.42 Å². The molecule has 0 radical (unpaired) electrons. The second kappa shape index (κ2) is 12.7. The smallest absolute Gasteiger partial charge is 0.414 e. The minimum Gasteiger partial charge on any atom is -0.473 e. The van der Waals surface area contributed by atoms with Crippen molar-refractivity contribution in [2.24, 2.45) is 0 Å². The highest BCUT2D eigenvalue weighted by molar-refractivity contribution is 6.27. The van der Waals surface area contributed by atoms with Gasteiger partial charge in [-0.25, -0.2) is 9.59 Å². The van der Waals surface area contributed by atoms with Crippen LogP contribution in [0.15, 0.2) is 54.6 Å². The minimum atomic E-state index is -1.82. The van der Waals surface area contributed by atoms with Gasteiger partial charge in [0.15, 0.2) is 0 Å². The first-order valence-corrected chi connectivity index (χ1v) is 11.8. The number of hydrogen-bond acceptors (Lipinski definition) is 5.